The van der Waals surface area contributed by atoms with Gasteiger partial charge in [0, 0.05) is 23.7 Å². The molecule has 1 aliphatic rings. The molecule has 0 N–H and O–H groups in total. The summed E-state index contributed by atoms with van der Waals surface area (Å²) in [7, 11) is -3.09. The quantitative estimate of drug-likeness (QED) is 0.712. The summed E-state index contributed by atoms with van der Waals surface area (Å²) in [6.45, 7) is 2.34. The average Bonchev–Trinajstić information content (AvgIpc) is 2.98. The molecule has 1 heterocycles. The van der Waals surface area contributed by atoms with Crippen LogP contribution in [0.4, 0.5) is 0 Å². The summed E-state index contributed by atoms with van der Waals surface area (Å²) in [5.74, 6) is -0.0614. The highest BCUT2D eigenvalue weighted by molar-refractivity contribution is 7.91. The molecule has 1 aliphatic heterocycles. The predicted octanol–water partition coefficient (Wildman–Crippen LogP) is 3.88. The summed E-state index contributed by atoms with van der Waals surface area (Å²) in [4.78, 5) is 14.5. The normalized spacial score (nSPS) is 18.7. The molecule has 3 rings (SSSR count). The second-order valence-electron chi connectivity index (χ2n) is 6.90. The van der Waals surface area contributed by atoms with Crippen LogP contribution in [0.2, 0.25) is 5.02 Å². The molecule has 0 radical (unpaired) electrons. The van der Waals surface area contributed by atoms with Gasteiger partial charge in [-0.25, -0.2) is 8.42 Å². The van der Waals surface area contributed by atoms with Crippen molar-refractivity contribution >= 4 is 33.4 Å². The molecule has 142 valence electrons. The maximum Gasteiger partial charge on any atom is 0.247 e. The number of amides is 1. The summed E-state index contributed by atoms with van der Waals surface area (Å²) in [6, 6.07) is 14.8. The van der Waals surface area contributed by atoms with E-state index in [9.17, 15) is 13.2 Å². The van der Waals surface area contributed by atoms with E-state index in [1.807, 2.05) is 43.3 Å². The molecule has 2 aromatic carbocycles. The predicted molar refractivity (Wildman–Crippen MR) is 109 cm³/mol. The Kier molecular flexibility index (Phi) is 6.02. The van der Waals surface area contributed by atoms with Crippen LogP contribution in [0.25, 0.3) is 6.08 Å². The molecule has 27 heavy (non-hydrogen) atoms. The van der Waals surface area contributed by atoms with Crippen molar-refractivity contribution in [3.8, 4) is 0 Å². The lowest BCUT2D eigenvalue weighted by Crippen LogP contribution is -2.39. The van der Waals surface area contributed by atoms with Gasteiger partial charge in [0.15, 0.2) is 9.84 Å². The van der Waals surface area contributed by atoms with Gasteiger partial charge in [0.05, 0.1) is 11.5 Å². The lowest BCUT2D eigenvalue weighted by atomic mass is 10.1. The van der Waals surface area contributed by atoms with Gasteiger partial charge in [-0.05, 0) is 42.7 Å². The Bertz CT molecular complexity index is 952. The third-order valence-electron chi connectivity index (χ3n) is 4.67. The molecular weight excluding hydrogens is 382 g/mol. The number of nitrogens with zero attached hydrogens (tertiary/aromatic N) is 1. The second kappa shape index (κ2) is 8.28. The summed E-state index contributed by atoms with van der Waals surface area (Å²) < 4.78 is 23.8. The molecule has 0 aliphatic carbocycles. The van der Waals surface area contributed by atoms with Crippen molar-refractivity contribution in [2.45, 2.75) is 25.9 Å². The molecule has 1 atom stereocenters. The largest absolute Gasteiger partial charge is 0.331 e. The van der Waals surface area contributed by atoms with Crippen LogP contribution in [0.15, 0.2) is 54.6 Å². The zero-order valence-corrected chi connectivity index (χ0v) is 16.7. The fourth-order valence-corrected chi connectivity index (χ4v) is 5.12. The Morgan fingerprint density at radius 3 is 2.59 bits per heavy atom. The van der Waals surface area contributed by atoms with Crippen LogP contribution in [0.1, 0.15) is 23.1 Å². The molecule has 1 saturated heterocycles. The first-order chi connectivity index (χ1) is 12.8. The zero-order valence-electron chi connectivity index (χ0n) is 15.1. The van der Waals surface area contributed by atoms with Gasteiger partial charge in [-0.2, -0.15) is 0 Å². The fourth-order valence-electron chi connectivity index (χ4n) is 3.18. The number of hydrogen-bond donors (Lipinski definition) is 0. The number of carbonyl (C=O) groups excluding carboxylic acids is 1. The lowest BCUT2D eigenvalue weighted by molar-refractivity contribution is -0.128. The van der Waals surface area contributed by atoms with Gasteiger partial charge < -0.3 is 4.90 Å². The second-order valence-corrected chi connectivity index (χ2v) is 9.56. The highest BCUT2D eigenvalue weighted by atomic mass is 35.5. The van der Waals surface area contributed by atoms with Crippen molar-refractivity contribution in [3.05, 3.63) is 76.3 Å². The Morgan fingerprint density at radius 2 is 1.96 bits per heavy atom. The van der Waals surface area contributed by atoms with Crippen molar-refractivity contribution in [3.63, 3.8) is 0 Å². The number of hydrogen-bond acceptors (Lipinski definition) is 3. The van der Waals surface area contributed by atoms with Gasteiger partial charge in [-0.15, -0.1) is 0 Å². The SMILES string of the molecule is Cc1ccc(/C=C/C(=O)N(Cc2cccc(Cl)c2)[C@H]2CCS(=O)(=O)C2)cc1. The lowest BCUT2D eigenvalue weighted by Gasteiger charge is -2.27. The molecule has 1 fully saturated rings. The number of benzene rings is 2. The van der Waals surface area contributed by atoms with E-state index >= 15 is 0 Å². The minimum absolute atomic E-state index is 0.0116. The first-order valence-corrected chi connectivity index (χ1v) is 11.0. The van der Waals surface area contributed by atoms with Crippen molar-refractivity contribution in [2.24, 2.45) is 0 Å². The van der Waals surface area contributed by atoms with Crippen molar-refractivity contribution in [1.29, 1.82) is 0 Å². The average molecular weight is 404 g/mol. The molecule has 1 amide bonds. The molecule has 0 aromatic heterocycles. The molecule has 0 unspecified atom stereocenters. The van der Waals surface area contributed by atoms with Crippen LogP contribution < -0.4 is 0 Å². The number of carbonyl (C=O) groups is 1. The van der Waals surface area contributed by atoms with Crippen LogP contribution in [0.5, 0.6) is 0 Å². The van der Waals surface area contributed by atoms with Crippen molar-refractivity contribution in [2.75, 3.05) is 11.5 Å². The van der Waals surface area contributed by atoms with E-state index in [-0.39, 0.29) is 23.5 Å². The number of aryl methyl sites for hydroxylation is 1. The highest BCUT2D eigenvalue weighted by Gasteiger charge is 2.34. The maximum absolute atomic E-state index is 12.9. The Balaban J connectivity index is 1.81. The number of sulfone groups is 1. The van der Waals surface area contributed by atoms with E-state index in [0.29, 0.717) is 18.0 Å². The maximum atomic E-state index is 12.9. The topological polar surface area (TPSA) is 54.5 Å². The van der Waals surface area contributed by atoms with Gasteiger partial charge in [0.2, 0.25) is 5.91 Å². The molecule has 0 spiro atoms. The monoisotopic (exact) mass is 403 g/mol. The molecule has 0 bridgehead atoms. The Morgan fingerprint density at radius 1 is 1.22 bits per heavy atom. The molecule has 4 nitrogen and oxygen atoms in total. The molecular formula is C21H22ClNO3S. The molecule has 2 aromatic rings. The van der Waals surface area contributed by atoms with Gasteiger partial charge in [0.1, 0.15) is 0 Å². The first-order valence-electron chi connectivity index (χ1n) is 8.83. The minimum Gasteiger partial charge on any atom is -0.331 e. The first kappa shape index (κ1) is 19.6. The highest BCUT2D eigenvalue weighted by Crippen LogP contribution is 2.22. The van der Waals surface area contributed by atoms with E-state index in [1.54, 1.807) is 23.1 Å². The Hall–Kier alpha value is -2.11. The van der Waals surface area contributed by atoms with E-state index in [4.69, 9.17) is 11.6 Å². The van der Waals surface area contributed by atoms with E-state index in [2.05, 4.69) is 0 Å². The summed E-state index contributed by atoms with van der Waals surface area (Å²) >= 11 is 6.05. The van der Waals surface area contributed by atoms with Crippen LogP contribution in [0, 0.1) is 6.92 Å². The van der Waals surface area contributed by atoms with E-state index in [0.717, 1.165) is 16.7 Å². The number of halogens is 1. The van der Waals surface area contributed by atoms with E-state index in [1.165, 1.54) is 6.08 Å². The Labute approximate surface area is 165 Å². The third kappa shape index (κ3) is 5.44. The fraction of sp³-hybridized carbons (Fsp3) is 0.286. The van der Waals surface area contributed by atoms with Crippen LogP contribution in [0.3, 0.4) is 0 Å². The summed E-state index contributed by atoms with van der Waals surface area (Å²) in [5.41, 5.74) is 2.96. The van der Waals surface area contributed by atoms with Gasteiger partial charge in [-0.3, -0.25) is 4.79 Å². The smallest absolute Gasteiger partial charge is 0.247 e. The minimum atomic E-state index is -3.09. The summed E-state index contributed by atoms with van der Waals surface area (Å²) in [6.07, 6.45) is 3.74. The van der Waals surface area contributed by atoms with Crippen LogP contribution in [-0.4, -0.2) is 36.8 Å². The van der Waals surface area contributed by atoms with Crippen molar-refractivity contribution in [1.82, 2.24) is 4.90 Å². The van der Waals surface area contributed by atoms with Gasteiger partial charge in [-0.1, -0.05) is 53.6 Å². The van der Waals surface area contributed by atoms with Gasteiger partial charge >= 0.3 is 0 Å². The van der Waals surface area contributed by atoms with Crippen LogP contribution in [-0.2, 0) is 21.2 Å². The van der Waals surface area contributed by atoms with Crippen LogP contribution >= 0.6 is 11.6 Å². The zero-order chi connectivity index (χ0) is 19.4. The van der Waals surface area contributed by atoms with E-state index < -0.39 is 9.84 Å². The standard InChI is InChI=1S/C21H22ClNO3S/c1-16-5-7-17(8-6-16)9-10-21(24)23(20-11-12-27(25,26)15-20)14-18-3-2-4-19(22)13-18/h2-10,13,20H,11-12,14-15H2,1H3/b10-9+/t20-/m0/s1. The van der Waals surface area contributed by atoms with Gasteiger partial charge in [0.25, 0.3) is 0 Å². The molecule has 0 saturated carbocycles. The third-order valence-corrected chi connectivity index (χ3v) is 6.66. The summed E-state index contributed by atoms with van der Waals surface area (Å²) in [5, 5.41) is 0.592. The molecule has 6 heteroatoms. The number of rotatable bonds is 5. The van der Waals surface area contributed by atoms with Crippen molar-refractivity contribution < 1.29 is 13.2 Å².